The second-order valence-corrected chi connectivity index (χ2v) is 5.15. The highest BCUT2D eigenvalue weighted by atomic mass is 16.5. The van der Waals surface area contributed by atoms with Crippen molar-refractivity contribution in [2.75, 3.05) is 6.54 Å². The zero-order chi connectivity index (χ0) is 11.7. The third-order valence-electron chi connectivity index (χ3n) is 3.92. The predicted molar refractivity (Wildman–Crippen MR) is 65.5 cm³/mol. The van der Waals surface area contributed by atoms with Gasteiger partial charge in [-0.3, -0.25) is 5.32 Å². The quantitative estimate of drug-likeness (QED) is 0.779. The van der Waals surface area contributed by atoms with E-state index in [0.29, 0.717) is 6.54 Å². The largest absolute Gasteiger partial charge is 0.386 e. The number of hydrogen-bond donors (Lipinski definition) is 2. The van der Waals surface area contributed by atoms with Gasteiger partial charge in [0.1, 0.15) is 11.8 Å². The van der Waals surface area contributed by atoms with E-state index >= 15 is 0 Å². The number of aliphatic hydroxyl groups is 1. The molecule has 3 atom stereocenters. The molecule has 3 heteroatoms. The van der Waals surface area contributed by atoms with Crippen LogP contribution in [-0.4, -0.2) is 23.4 Å². The molecule has 3 nitrogen and oxygen atoms in total. The molecule has 2 aliphatic rings. The molecule has 1 saturated carbocycles. The molecule has 1 aromatic carbocycles. The molecule has 0 spiro atoms. The lowest BCUT2D eigenvalue weighted by Crippen LogP contribution is -2.59. The molecule has 0 aromatic heterocycles. The summed E-state index contributed by atoms with van der Waals surface area (Å²) in [5.74, 6) is 0. The Morgan fingerprint density at radius 3 is 2.88 bits per heavy atom. The van der Waals surface area contributed by atoms with Crippen molar-refractivity contribution in [3.8, 4) is 0 Å². The molecule has 0 bridgehead atoms. The van der Waals surface area contributed by atoms with Crippen molar-refractivity contribution in [3.05, 3.63) is 35.9 Å². The summed E-state index contributed by atoms with van der Waals surface area (Å²) in [6, 6.07) is 10.2. The van der Waals surface area contributed by atoms with Gasteiger partial charge in [0, 0.05) is 6.54 Å². The van der Waals surface area contributed by atoms with Crippen molar-refractivity contribution in [2.24, 2.45) is 0 Å². The van der Waals surface area contributed by atoms with Crippen LogP contribution in [0.4, 0.5) is 0 Å². The van der Waals surface area contributed by atoms with Gasteiger partial charge in [-0.2, -0.15) is 0 Å². The molecule has 3 rings (SSSR count). The minimum atomic E-state index is -0.649. The van der Waals surface area contributed by atoms with Crippen LogP contribution in [0.3, 0.4) is 0 Å². The molecule has 2 N–H and O–H groups in total. The van der Waals surface area contributed by atoms with Crippen molar-refractivity contribution in [3.63, 3.8) is 0 Å². The van der Waals surface area contributed by atoms with E-state index in [0.717, 1.165) is 31.2 Å². The number of β-amino-alcohol motifs (C(OH)–C–C–N with tert-alkyl or cyclic N) is 1. The van der Waals surface area contributed by atoms with E-state index in [-0.39, 0.29) is 12.3 Å². The fraction of sp³-hybridized carbons (Fsp3) is 0.571. The maximum Gasteiger partial charge on any atom is 0.134 e. The third kappa shape index (κ3) is 2.10. The van der Waals surface area contributed by atoms with Crippen LogP contribution >= 0.6 is 0 Å². The SMILES string of the molecule is O[C@@]12CCCC[C@H]1O[C@@H](c1ccccc1)NC2. The summed E-state index contributed by atoms with van der Waals surface area (Å²) in [4.78, 5) is 0. The standard InChI is InChI=1S/C14H19NO2/c16-14-9-5-4-8-12(14)17-13(15-10-14)11-6-2-1-3-7-11/h1-3,6-7,12-13,15-16H,4-5,8-10H2/t12-,13+,14-/m1/s1. The number of benzene rings is 1. The molecule has 0 amide bonds. The van der Waals surface area contributed by atoms with Gasteiger partial charge >= 0.3 is 0 Å². The van der Waals surface area contributed by atoms with Gasteiger partial charge < -0.3 is 9.84 Å². The molecule has 0 unspecified atom stereocenters. The molecular weight excluding hydrogens is 214 g/mol. The Morgan fingerprint density at radius 1 is 1.24 bits per heavy atom. The van der Waals surface area contributed by atoms with Crippen LogP contribution in [0.1, 0.15) is 37.5 Å². The summed E-state index contributed by atoms with van der Waals surface area (Å²) in [6.07, 6.45) is 4.01. The predicted octanol–water partition coefficient (Wildman–Crippen LogP) is 1.98. The monoisotopic (exact) mass is 233 g/mol. The normalized spacial score (nSPS) is 37.5. The van der Waals surface area contributed by atoms with Gasteiger partial charge in [0.15, 0.2) is 0 Å². The molecule has 92 valence electrons. The van der Waals surface area contributed by atoms with E-state index in [9.17, 15) is 5.11 Å². The van der Waals surface area contributed by atoms with Gasteiger partial charge in [-0.15, -0.1) is 0 Å². The van der Waals surface area contributed by atoms with Crippen molar-refractivity contribution < 1.29 is 9.84 Å². The number of hydrogen-bond acceptors (Lipinski definition) is 3. The summed E-state index contributed by atoms with van der Waals surface area (Å²) in [5, 5.41) is 13.8. The van der Waals surface area contributed by atoms with E-state index in [4.69, 9.17) is 4.74 Å². The number of fused-ring (bicyclic) bond motifs is 1. The Balaban J connectivity index is 1.76. The number of ether oxygens (including phenoxy) is 1. The van der Waals surface area contributed by atoms with Gasteiger partial charge in [0.25, 0.3) is 0 Å². The Hall–Kier alpha value is -0.900. The summed E-state index contributed by atoms with van der Waals surface area (Å²) < 4.78 is 6.02. The van der Waals surface area contributed by atoms with E-state index < -0.39 is 5.60 Å². The maximum absolute atomic E-state index is 10.5. The van der Waals surface area contributed by atoms with E-state index in [2.05, 4.69) is 17.4 Å². The average molecular weight is 233 g/mol. The first-order chi connectivity index (χ1) is 8.28. The number of nitrogens with one attached hydrogen (secondary N) is 1. The lowest BCUT2D eigenvalue weighted by molar-refractivity contribution is -0.195. The minimum Gasteiger partial charge on any atom is -0.386 e. The summed E-state index contributed by atoms with van der Waals surface area (Å²) in [5.41, 5.74) is 0.490. The lowest BCUT2D eigenvalue weighted by atomic mass is 9.81. The first kappa shape index (κ1) is 11.2. The Kier molecular flexibility index (Phi) is 2.90. The fourth-order valence-corrected chi connectivity index (χ4v) is 2.89. The van der Waals surface area contributed by atoms with Gasteiger partial charge in [-0.25, -0.2) is 0 Å². The first-order valence-corrected chi connectivity index (χ1v) is 6.44. The van der Waals surface area contributed by atoms with Crippen LogP contribution in [-0.2, 0) is 4.74 Å². The van der Waals surface area contributed by atoms with Crippen LogP contribution in [0, 0.1) is 0 Å². The van der Waals surface area contributed by atoms with Gasteiger partial charge in [0.05, 0.1) is 6.10 Å². The third-order valence-corrected chi connectivity index (χ3v) is 3.92. The highest BCUT2D eigenvalue weighted by molar-refractivity contribution is 5.18. The molecule has 2 fully saturated rings. The summed E-state index contributed by atoms with van der Waals surface area (Å²) in [7, 11) is 0. The average Bonchev–Trinajstić information content (AvgIpc) is 2.39. The van der Waals surface area contributed by atoms with Crippen molar-refractivity contribution in [1.82, 2.24) is 5.32 Å². The lowest BCUT2D eigenvalue weighted by Gasteiger charge is -2.46. The molecule has 17 heavy (non-hydrogen) atoms. The Bertz CT molecular complexity index is 381. The topological polar surface area (TPSA) is 41.5 Å². The van der Waals surface area contributed by atoms with E-state index in [1.807, 2.05) is 18.2 Å². The van der Waals surface area contributed by atoms with Crippen LogP contribution in [0.2, 0.25) is 0 Å². The molecule has 1 heterocycles. The van der Waals surface area contributed by atoms with Crippen molar-refractivity contribution in [1.29, 1.82) is 0 Å². The number of rotatable bonds is 1. The second-order valence-electron chi connectivity index (χ2n) is 5.15. The van der Waals surface area contributed by atoms with Crippen LogP contribution in [0.15, 0.2) is 30.3 Å². The van der Waals surface area contributed by atoms with Crippen LogP contribution in [0.5, 0.6) is 0 Å². The zero-order valence-corrected chi connectivity index (χ0v) is 9.93. The molecule has 0 radical (unpaired) electrons. The van der Waals surface area contributed by atoms with Crippen LogP contribution in [0.25, 0.3) is 0 Å². The van der Waals surface area contributed by atoms with Crippen LogP contribution < -0.4 is 5.32 Å². The van der Waals surface area contributed by atoms with Crippen molar-refractivity contribution >= 4 is 0 Å². The first-order valence-electron chi connectivity index (χ1n) is 6.44. The van der Waals surface area contributed by atoms with Crippen molar-refractivity contribution in [2.45, 2.75) is 43.6 Å². The molecule has 1 saturated heterocycles. The summed E-state index contributed by atoms with van der Waals surface area (Å²) >= 11 is 0. The Labute approximate surface area is 102 Å². The zero-order valence-electron chi connectivity index (χ0n) is 9.93. The highest BCUT2D eigenvalue weighted by Crippen LogP contribution is 2.36. The molecular formula is C14H19NO2. The second kappa shape index (κ2) is 4.41. The maximum atomic E-state index is 10.5. The highest BCUT2D eigenvalue weighted by Gasteiger charge is 2.44. The van der Waals surface area contributed by atoms with E-state index in [1.165, 1.54) is 0 Å². The van der Waals surface area contributed by atoms with Gasteiger partial charge in [-0.05, 0) is 18.4 Å². The van der Waals surface area contributed by atoms with Gasteiger partial charge in [0.2, 0.25) is 0 Å². The fourth-order valence-electron chi connectivity index (χ4n) is 2.89. The molecule has 1 aliphatic heterocycles. The van der Waals surface area contributed by atoms with E-state index in [1.54, 1.807) is 0 Å². The molecule has 1 aliphatic carbocycles. The smallest absolute Gasteiger partial charge is 0.134 e. The van der Waals surface area contributed by atoms with Gasteiger partial charge in [-0.1, -0.05) is 43.2 Å². The Morgan fingerprint density at radius 2 is 2.06 bits per heavy atom. The minimum absolute atomic E-state index is 0.0114. The molecule has 1 aromatic rings. The summed E-state index contributed by atoms with van der Waals surface area (Å²) in [6.45, 7) is 0.636.